The predicted molar refractivity (Wildman–Crippen MR) is 76.5 cm³/mol. The third kappa shape index (κ3) is 2.24. The average Bonchev–Trinajstić information content (AvgIpc) is 2.85. The number of ether oxygens (including phenoxy) is 2. The van der Waals surface area contributed by atoms with Gasteiger partial charge in [0.2, 0.25) is 0 Å². The zero-order chi connectivity index (χ0) is 16.6. The summed E-state index contributed by atoms with van der Waals surface area (Å²) >= 11 is 11.6. The van der Waals surface area contributed by atoms with Gasteiger partial charge in [0.05, 0.1) is 13.2 Å². The Balaban J connectivity index is 2.92. The Kier molecular flexibility index (Phi) is 4.43. The number of halogens is 2. The lowest BCUT2D eigenvalue weighted by molar-refractivity contribution is 0.0506. The van der Waals surface area contributed by atoms with Gasteiger partial charge in [-0.05, 0) is 13.8 Å². The number of rotatable bonds is 4. The van der Waals surface area contributed by atoms with Crippen molar-refractivity contribution in [1.82, 2.24) is 9.03 Å². The Labute approximate surface area is 133 Å². The van der Waals surface area contributed by atoms with Crippen molar-refractivity contribution in [3.05, 3.63) is 42.1 Å². The number of fused-ring (bicyclic) bond motifs is 1. The van der Waals surface area contributed by atoms with Crippen LogP contribution in [0.5, 0.6) is 0 Å². The quantitative estimate of drug-likeness (QED) is 0.760. The number of esters is 2. The number of nitrogens with zero attached hydrogens (tertiary/aromatic N) is 2. The van der Waals surface area contributed by atoms with Gasteiger partial charge in [0.15, 0.2) is 11.4 Å². The summed E-state index contributed by atoms with van der Waals surface area (Å²) in [4.78, 5) is 48.0. The smallest absolute Gasteiger partial charge is 0.358 e. The molecule has 0 aromatic carbocycles. The number of carbonyl (C=O) groups excluding carboxylic acids is 2. The number of hydrogen-bond acceptors (Lipinski definition) is 6. The van der Waals surface area contributed by atoms with E-state index in [4.69, 9.17) is 32.7 Å². The van der Waals surface area contributed by atoms with Gasteiger partial charge in [-0.25, -0.2) is 14.1 Å². The van der Waals surface area contributed by atoms with Crippen LogP contribution in [-0.4, -0.2) is 34.2 Å². The van der Waals surface area contributed by atoms with Crippen molar-refractivity contribution in [2.24, 2.45) is 0 Å². The first-order valence-corrected chi connectivity index (χ1v) is 6.94. The first kappa shape index (κ1) is 16.3. The lowest BCUT2D eigenvalue weighted by Crippen LogP contribution is -2.22. The van der Waals surface area contributed by atoms with E-state index in [1.54, 1.807) is 13.8 Å². The number of aromatic nitrogens is 2. The number of hydrogen-bond donors (Lipinski definition) is 0. The van der Waals surface area contributed by atoms with Gasteiger partial charge in [0.1, 0.15) is 10.0 Å². The molecule has 0 fully saturated rings. The van der Waals surface area contributed by atoms with E-state index in [2.05, 4.69) is 0 Å². The normalized spacial score (nSPS) is 10.9. The van der Waals surface area contributed by atoms with Crippen LogP contribution in [-0.2, 0) is 9.47 Å². The molecule has 118 valence electrons. The van der Waals surface area contributed by atoms with Gasteiger partial charge in [-0.2, -0.15) is 4.52 Å². The first-order valence-electron chi connectivity index (χ1n) is 6.19. The monoisotopic (exact) mass is 348 g/mol. The Morgan fingerprint density at radius 3 is 1.55 bits per heavy atom. The summed E-state index contributed by atoms with van der Waals surface area (Å²) in [7, 11) is 0. The lowest BCUT2D eigenvalue weighted by atomic mass is 10.3. The highest BCUT2D eigenvalue weighted by atomic mass is 35.5. The van der Waals surface area contributed by atoms with Gasteiger partial charge in [0, 0.05) is 0 Å². The van der Waals surface area contributed by atoms with Gasteiger partial charge in [0.25, 0.3) is 11.1 Å². The molecule has 0 aliphatic carbocycles. The molecule has 2 aromatic rings. The van der Waals surface area contributed by atoms with Gasteiger partial charge in [-0.3, -0.25) is 9.59 Å². The maximum atomic E-state index is 12.0. The molecule has 0 aliphatic rings. The molecule has 0 aliphatic heterocycles. The number of carbonyl (C=O) groups is 2. The second-order valence-corrected chi connectivity index (χ2v) is 4.76. The predicted octanol–water partition coefficient (Wildman–Crippen LogP) is 0.857. The SMILES string of the molecule is CCOC(=O)c1c(Cl)c(=O)n2c(=O)c(Cl)c(C(=O)OCC)n12. The molecule has 0 spiro atoms. The van der Waals surface area contributed by atoms with Crippen molar-refractivity contribution < 1.29 is 19.1 Å². The lowest BCUT2D eigenvalue weighted by Gasteiger charge is -2.04. The van der Waals surface area contributed by atoms with E-state index in [1.807, 2.05) is 0 Å². The van der Waals surface area contributed by atoms with Crippen LogP contribution < -0.4 is 11.1 Å². The van der Waals surface area contributed by atoms with Crippen LogP contribution in [0, 0.1) is 0 Å². The molecule has 22 heavy (non-hydrogen) atoms. The average molecular weight is 349 g/mol. The maximum absolute atomic E-state index is 12.0. The Morgan fingerprint density at radius 2 is 1.23 bits per heavy atom. The molecule has 0 saturated heterocycles. The molecule has 2 aromatic heterocycles. The van der Waals surface area contributed by atoms with E-state index >= 15 is 0 Å². The Morgan fingerprint density at radius 1 is 0.864 bits per heavy atom. The van der Waals surface area contributed by atoms with E-state index in [1.165, 1.54) is 0 Å². The fourth-order valence-electron chi connectivity index (χ4n) is 1.91. The van der Waals surface area contributed by atoms with Gasteiger partial charge in [-0.15, -0.1) is 0 Å². The molecule has 0 amide bonds. The summed E-state index contributed by atoms with van der Waals surface area (Å²) in [5.74, 6) is -1.94. The summed E-state index contributed by atoms with van der Waals surface area (Å²) in [5.41, 5.74) is -2.87. The highest BCUT2D eigenvalue weighted by Gasteiger charge is 2.32. The molecule has 0 bridgehead atoms. The summed E-state index contributed by atoms with van der Waals surface area (Å²) in [6.07, 6.45) is 0. The maximum Gasteiger partial charge on any atom is 0.358 e. The summed E-state index contributed by atoms with van der Waals surface area (Å²) in [6.45, 7) is 3.11. The van der Waals surface area contributed by atoms with Gasteiger partial charge >= 0.3 is 11.9 Å². The van der Waals surface area contributed by atoms with Crippen molar-refractivity contribution in [3.8, 4) is 0 Å². The molecule has 0 saturated carbocycles. The summed E-state index contributed by atoms with van der Waals surface area (Å²) in [5, 5.41) is -1.09. The zero-order valence-corrected chi connectivity index (χ0v) is 13.0. The van der Waals surface area contributed by atoms with E-state index in [0.29, 0.717) is 4.52 Å². The largest absolute Gasteiger partial charge is 0.461 e. The fraction of sp³-hybridized carbons (Fsp3) is 0.333. The molecular formula is C12H10Cl2N2O6. The second kappa shape index (κ2) is 5.98. The van der Waals surface area contributed by atoms with Gasteiger partial charge < -0.3 is 9.47 Å². The molecule has 8 nitrogen and oxygen atoms in total. The van der Waals surface area contributed by atoms with Crippen LogP contribution in [0.25, 0.3) is 0 Å². The second-order valence-electron chi connectivity index (χ2n) is 4.00. The molecule has 0 atom stereocenters. The van der Waals surface area contributed by atoms with E-state index in [9.17, 15) is 19.2 Å². The summed E-state index contributed by atoms with van der Waals surface area (Å²) in [6, 6.07) is 0. The molecular weight excluding hydrogens is 339 g/mol. The van der Waals surface area contributed by atoms with Crippen molar-refractivity contribution >= 4 is 35.1 Å². The zero-order valence-electron chi connectivity index (χ0n) is 11.5. The van der Waals surface area contributed by atoms with Crippen molar-refractivity contribution in [2.45, 2.75) is 13.8 Å². The van der Waals surface area contributed by atoms with Crippen molar-refractivity contribution in [1.29, 1.82) is 0 Å². The van der Waals surface area contributed by atoms with Crippen LogP contribution in [0.4, 0.5) is 0 Å². The van der Waals surface area contributed by atoms with E-state index < -0.39 is 44.5 Å². The third-order valence-electron chi connectivity index (χ3n) is 2.74. The minimum absolute atomic E-state index is 0.00860. The molecule has 2 heterocycles. The molecule has 10 heteroatoms. The van der Waals surface area contributed by atoms with E-state index in [0.717, 1.165) is 4.52 Å². The third-order valence-corrected chi connectivity index (χ3v) is 3.42. The van der Waals surface area contributed by atoms with Crippen LogP contribution in [0.1, 0.15) is 34.8 Å². The molecule has 2 rings (SSSR count). The standard InChI is InChI=1S/C12H10Cl2N2O6/c1-3-21-11(19)7-5(13)9(17)16-10(18)6(14)8(15(7)16)12(20)22-4-2/h3-4H2,1-2H3. The first-order chi connectivity index (χ1) is 10.4. The highest BCUT2D eigenvalue weighted by molar-refractivity contribution is 6.34. The van der Waals surface area contributed by atoms with Crippen molar-refractivity contribution in [2.75, 3.05) is 13.2 Å². The minimum Gasteiger partial charge on any atom is -0.461 e. The van der Waals surface area contributed by atoms with Crippen LogP contribution in [0.2, 0.25) is 10.0 Å². The Hall–Kier alpha value is -2.06. The topological polar surface area (TPSA) is 95.6 Å². The molecule has 0 N–H and O–H groups in total. The molecule has 0 unspecified atom stereocenters. The van der Waals surface area contributed by atoms with Crippen LogP contribution >= 0.6 is 23.2 Å². The van der Waals surface area contributed by atoms with Gasteiger partial charge in [-0.1, -0.05) is 23.2 Å². The summed E-state index contributed by atoms with van der Waals surface area (Å²) < 4.78 is 10.8. The van der Waals surface area contributed by atoms with Crippen molar-refractivity contribution in [3.63, 3.8) is 0 Å². The minimum atomic E-state index is -0.979. The van der Waals surface area contributed by atoms with Crippen LogP contribution in [0.15, 0.2) is 9.59 Å². The fourth-order valence-corrected chi connectivity index (χ4v) is 2.39. The molecule has 0 radical (unpaired) electrons. The Bertz CT molecular complexity index is 801. The highest BCUT2D eigenvalue weighted by Crippen LogP contribution is 2.20. The van der Waals surface area contributed by atoms with Crippen LogP contribution in [0.3, 0.4) is 0 Å². The van der Waals surface area contributed by atoms with E-state index in [-0.39, 0.29) is 13.2 Å².